The highest BCUT2D eigenvalue weighted by atomic mass is 16.6. The number of rotatable bonds is 59. The lowest BCUT2D eigenvalue weighted by Gasteiger charge is -2.18. The van der Waals surface area contributed by atoms with Gasteiger partial charge in [-0.25, -0.2) is 0 Å². The van der Waals surface area contributed by atoms with Crippen molar-refractivity contribution >= 4 is 17.9 Å². The van der Waals surface area contributed by atoms with Gasteiger partial charge in [0.2, 0.25) is 0 Å². The van der Waals surface area contributed by atoms with Gasteiger partial charge in [-0.2, -0.15) is 0 Å². The summed E-state index contributed by atoms with van der Waals surface area (Å²) >= 11 is 0. The maximum Gasteiger partial charge on any atom is 0.306 e. The number of esters is 3. The molecule has 0 saturated carbocycles. The molecule has 0 rings (SSSR count). The Balaban J connectivity index is 4.46. The van der Waals surface area contributed by atoms with Crippen LogP contribution in [0.3, 0.4) is 0 Å². The Kier molecular flexibility index (Phi) is 63.9. The minimum Gasteiger partial charge on any atom is -0.462 e. The van der Waals surface area contributed by atoms with Crippen LogP contribution in [0.4, 0.5) is 0 Å². The third kappa shape index (κ3) is 66.0. The van der Waals surface area contributed by atoms with Crippen LogP contribution >= 0.6 is 0 Å². The van der Waals surface area contributed by atoms with Crippen LogP contribution in [0.5, 0.6) is 0 Å². The summed E-state index contributed by atoms with van der Waals surface area (Å²) in [7, 11) is 0. The van der Waals surface area contributed by atoms with Gasteiger partial charge in [0.15, 0.2) is 6.10 Å². The van der Waals surface area contributed by atoms with E-state index in [1.165, 1.54) is 122 Å². The summed E-state index contributed by atoms with van der Waals surface area (Å²) in [6.45, 7) is 6.45. The van der Waals surface area contributed by atoms with Crippen molar-refractivity contribution in [1.29, 1.82) is 0 Å². The van der Waals surface area contributed by atoms with Gasteiger partial charge in [-0.05, 0) is 141 Å². The molecule has 0 aromatic heterocycles. The maximum absolute atomic E-state index is 12.9. The molecule has 1 atom stereocenters. The first kappa shape index (κ1) is 76.3. The van der Waals surface area contributed by atoms with Crippen molar-refractivity contribution in [2.24, 2.45) is 0 Å². The van der Waals surface area contributed by atoms with Gasteiger partial charge < -0.3 is 14.2 Å². The molecule has 0 aliphatic carbocycles. The van der Waals surface area contributed by atoms with Gasteiger partial charge in [-0.3, -0.25) is 14.4 Å². The Bertz CT molecular complexity index is 1760. The topological polar surface area (TPSA) is 78.9 Å². The van der Waals surface area contributed by atoms with Crippen LogP contribution < -0.4 is 0 Å². The predicted molar refractivity (Wildman–Crippen MR) is 352 cm³/mol. The Labute approximate surface area is 499 Å². The zero-order valence-corrected chi connectivity index (χ0v) is 52.5. The minimum atomic E-state index is -0.814. The van der Waals surface area contributed by atoms with Crippen LogP contribution in [0, 0.1) is 0 Å². The lowest BCUT2D eigenvalue weighted by Crippen LogP contribution is -2.30. The van der Waals surface area contributed by atoms with E-state index in [0.29, 0.717) is 19.3 Å². The van der Waals surface area contributed by atoms with Gasteiger partial charge in [0.05, 0.1) is 0 Å². The van der Waals surface area contributed by atoms with E-state index < -0.39 is 6.10 Å². The van der Waals surface area contributed by atoms with Crippen molar-refractivity contribution in [2.75, 3.05) is 13.2 Å². The lowest BCUT2D eigenvalue weighted by molar-refractivity contribution is -0.167. The summed E-state index contributed by atoms with van der Waals surface area (Å²) in [6, 6.07) is 0. The molecule has 0 amide bonds. The number of ether oxygens (including phenoxy) is 3. The number of unbranched alkanes of at least 4 members (excludes halogenated alkanes) is 24. The van der Waals surface area contributed by atoms with E-state index >= 15 is 0 Å². The summed E-state index contributed by atoms with van der Waals surface area (Å²) in [5, 5.41) is 0. The van der Waals surface area contributed by atoms with Crippen molar-refractivity contribution in [3.8, 4) is 0 Å². The van der Waals surface area contributed by atoms with Crippen molar-refractivity contribution in [1.82, 2.24) is 0 Å². The van der Waals surface area contributed by atoms with E-state index in [2.05, 4.69) is 167 Å². The van der Waals surface area contributed by atoms with Crippen LogP contribution in [-0.4, -0.2) is 37.2 Å². The molecule has 458 valence electrons. The van der Waals surface area contributed by atoms with Crippen LogP contribution in [0.1, 0.15) is 290 Å². The third-order valence-electron chi connectivity index (χ3n) is 13.8. The highest BCUT2D eigenvalue weighted by Gasteiger charge is 2.19. The highest BCUT2D eigenvalue weighted by Crippen LogP contribution is 2.15. The molecule has 0 aromatic rings. The van der Waals surface area contributed by atoms with Gasteiger partial charge in [0.25, 0.3) is 0 Å². The molecule has 1 unspecified atom stereocenters. The average Bonchev–Trinajstić information content (AvgIpc) is 3.46. The summed E-state index contributed by atoms with van der Waals surface area (Å²) in [4.78, 5) is 38.3. The standard InChI is InChI=1S/C75H122O6/c1-4-7-10-13-16-19-22-25-27-29-31-33-34-35-36-37-38-39-40-42-43-45-47-50-53-56-59-62-65-68-74(77)80-71-72(70-79-73(76)67-64-61-58-55-52-49-24-21-18-15-12-9-6-3)81-75(78)69-66-63-60-57-54-51-48-46-44-41-32-30-28-26-23-20-17-14-11-8-5-2/h7,10,16,19,21,23-27,30-33,35-36,38-39,42-43,47,50,56,59,72H,4-6,8-9,11-15,17-18,20,22,28-29,34,37,40-41,44-46,48-49,51-55,57-58,60-71H2,1-3H3/b10-7-,19-16-,24-21-,26-23-,27-25-,32-30-,33-31-,36-35-,39-38-,43-42-,50-47-,59-56-. The number of hydrogen-bond donors (Lipinski definition) is 0. The van der Waals surface area contributed by atoms with E-state index in [1.807, 2.05) is 0 Å². The molecule has 0 heterocycles. The van der Waals surface area contributed by atoms with Crippen LogP contribution in [-0.2, 0) is 28.6 Å². The molecule has 6 heteroatoms. The second kappa shape index (κ2) is 67.8. The second-order valence-electron chi connectivity index (χ2n) is 21.6. The normalized spacial score (nSPS) is 13.1. The summed E-state index contributed by atoms with van der Waals surface area (Å²) < 4.78 is 16.9. The molecular weight excluding hydrogens is 997 g/mol. The molecule has 0 aromatic carbocycles. The van der Waals surface area contributed by atoms with E-state index in [0.717, 1.165) is 122 Å². The zero-order valence-electron chi connectivity index (χ0n) is 52.5. The van der Waals surface area contributed by atoms with Gasteiger partial charge in [-0.1, -0.05) is 276 Å². The molecule has 81 heavy (non-hydrogen) atoms. The van der Waals surface area contributed by atoms with Crippen molar-refractivity contribution in [3.63, 3.8) is 0 Å². The Hall–Kier alpha value is -4.71. The fraction of sp³-hybridized carbons (Fsp3) is 0.640. The van der Waals surface area contributed by atoms with Crippen LogP contribution in [0.25, 0.3) is 0 Å². The number of allylic oxidation sites excluding steroid dienone is 24. The summed E-state index contributed by atoms with van der Waals surface area (Å²) in [5.74, 6) is -0.979. The number of carbonyl (C=O) groups is 3. The molecule has 0 N–H and O–H groups in total. The number of carbonyl (C=O) groups excluding carboxylic acids is 3. The fourth-order valence-electron chi connectivity index (χ4n) is 8.82. The third-order valence-corrected chi connectivity index (χ3v) is 13.8. The van der Waals surface area contributed by atoms with E-state index in [1.54, 1.807) is 0 Å². The molecular formula is C75H122O6. The number of hydrogen-bond acceptors (Lipinski definition) is 6. The summed E-state index contributed by atoms with van der Waals surface area (Å²) in [5.41, 5.74) is 0. The van der Waals surface area contributed by atoms with Crippen molar-refractivity contribution in [2.45, 2.75) is 297 Å². The molecule has 0 aliphatic heterocycles. The maximum atomic E-state index is 12.9. The molecule has 0 saturated heterocycles. The van der Waals surface area contributed by atoms with E-state index in [9.17, 15) is 14.4 Å². The summed E-state index contributed by atoms with van der Waals surface area (Å²) in [6.07, 6.45) is 97.2. The van der Waals surface area contributed by atoms with Crippen LogP contribution in [0.15, 0.2) is 146 Å². The predicted octanol–water partition coefficient (Wildman–Crippen LogP) is 23.1. The molecule has 0 aliphatic rings. The average molecular weight is 1120 g/mol. The van der Waals surface area contributed by atoms with Gasteiger partial charge in [-0.15, -0.1) is 0 Å². The fourth-order valence-corrected chi connectivity index (χ4v) is 8.82. The Morgan fingerprint density at radius 3 is 0.827 bits per heavy atom. The van der Waals surface area contributed by atoms with Gasteiger partial charge in [0.1, 0.15) is 13.2 Å². The minimum absolute atomic E-state index is 0.106. The van der Waals surface area contributed by atoms with Crippen molar-refractivity contribution < 1.29 is 28.6 Å². The second-order valence-corrected chi connectivity index (χ2v) is 21.6. The Morgan fingerprint density at radius 2 is 0.494 bits per heavy atom. The molecule has 0 spiro atoms. The smallest absolute Gasteiger partial charge is 0.306 e. The highest BCUT2D eigenvalue weighted by molar-refractivity contribution is 5.71. The monoisotopic (exact) mass is 1120 g/mol. The quantitative estimate of drug-likeness (QED) is 0.0261. The van der Waals surface area contributed by atoms with Gasteiger partial charge >= 0.3 is 17.9 Å². The zero-order chi connectivity index (χ0) is 58.5. The first-order chi connectivity index (χ1) is 40.0. The lowest BCUT2D eigenvalue weighted by atomic mass is 10.1. The van der Waals surface area contributed by atoms with E-state index in [-0.39, 0.29) is 37.5 Å². The first-order valence-electron chi connectivity index (χ1n) is 33.3. The molecule has 0 radical (unpaired) electrons. The van der Waals surface area contributed by atoms with Gasteiger partial charge in [0, 0.05) is 19.3 Å². The largest absolute Gasteiger partial charge is 0.462 e. The molecule has 0 bridgehead atoms. The van der Waals surface area contributed by atoms with E-state index in [4.69, 9.17) is 14.2 Å². The molecule has 6 nitrogen and oxygen atoms in total. The Morgan fingerprint density at radius 1 is 0.259 bits per heavy atom. The SMILES string of the molecule is CC/C=C\C/C=C\C/C=C\C/C=C\C/C=C\C/C=C\C/C=C\C/C=C\C/C=C\CCCC(=O)OCC(COC(=O)CCCCCCC/C=C\CCCCCC)OC(=O)CCCCCCCCCCC/C=C\C/C=C\CCCCCCC. The first-order valence-corrected chi connectivity index (χ1v) is 33.3. The van der Waals surface area contributed by atoms with Crippen molar-refractivity contribution in [3.05, 3.63) is 146 Å². The van der Waals surface area contributed by atoms with Crippen LogP contribution in [0.2, 0.25) is 0 Å². The molecule has 0 fully saturated rings.